The van der Waals surface area contributed by atoms with Gasteiger partial charge in [-0.3, -0.25) is 13.8 Å². The minimum Gasteiger partial charge on any atom is -0.272 e. The number of fused-ring (bicyclic) bond motifs is 3. The van der Waals surface area contributed by atoms with Crippen molar-refractivity contribution in [2.24, 2.45) is 0 Å². The first kappa shape index (κ1) is 14.1. The fourth-order valence-electron chi connectivity index (χ4n) is 2.80. The van der Waals surface area contributed by atoms with Crippen LogP contribution in [0.3, 0.4) is 0 Å². The molecule has 2 aromatic carbocycles. The van der Waals surface area contributed by atoms with Crippen molar-refractivity contribution >= 4 is 32.6 Å². The van der Waals surface area contributed by atoms with E-state index in [1.807, 2.05) is 59.9 Å². The monoisotopic (exact) mass is 368 g/mol. The van der Waals surface area contributed by atoms with Crippen LogP contribution in [0.15, 0.2) is 58.1 Å². The van der Waals surface area contributed by atoms with Crippen LogP contribution in [-0.2, 0) is 6.54 Å². The van der Waals surface area contributed by atoms with E-state index in [1.165, 1.54) is 0 Å². The van der Waals surface area contributed by atoms with Crippen LogP contribution >= 0.6 is 15.9 Å². The summed E-state index contributed by atoms with van der Waals surface area (Å²) in [6.45, 7) is 2.43. The van der Waals surface area contributed by atoms with E-state index in [-0.39, 0.29) is 5.56 Å². The molecule has 0 bridgehead atoms. The van der Waals surface area contributed by atoms with Gasteiger partial charge in [-0.2, -0.15) is 0 Å². The largest absolute Gasteiger partial charge is 0.272 e. The summed E-state index contributed by atoms with van der Waals surface area (Å²) >= 11 is 3.42. The first-order valence-electron chi connectivity index (χ1n) is 7.23. The maximum Gasteiger partial charge on any atom is 0.263 e. The van der Waals surface area contributed by atoms with Crippen LogP contribution in [0.5, 0.6) is 0 Å². The molecule has 0 amide bonds. The second kappa shape index (κ2) is 5.31. The first-order chi connectivity index (χ1) is 11.1. The Hall–Kier alpha value is -2.47. The number of aromatic nitrogens is 4. The van der Waals surface area contributed by atoms with Crippen molar-refractivity contribution < 1.29 is 0 Å². The fourth-order valence-corrected chi connectivity index (χ4v) is 3.23. The maximum absolute atomic E-state index is 13.0. The highest BCUT2D eigenvalue weighted by atomic mass is 79.9. The molecule has 0 aliphatic carbocycles. The van der Waals surface area contributed by atoms with Gasteiger partial charge >= 0.3 is 0 Å². The van der Waals surface area contributed by atoms with Crippen molar-refractivity contribution in [1.29, 1.82) is 0 Å². The summed E-state index contributed by atoms with van der Waals surface area (Å²) in [6.07, 6.45) is 0. The summed E-state index contributed by atoms with van der Waals surface area (Å²) in [7, 11) is 0. The Morgan fingerprint density at radius 3 is 2.65 bits per heavy atom. The van der Waals surface area contributed by atoms with E-state index >= 15 is 0 Å². The lowest BCUT2D eigenvalue weighted by Crippen LogP contribution is -2.24. The zero-order valence-electron chi connectivity index (χ0n) is 12.4. The van der Waals surface area contributed by atoms with E-state index in [1.54, 1.807) is 4.57 Å². The average molecular weight is 369 g/mol. The molecule has 0 fully saturated rings. The van der Waals surface area contributed by atoms with E-state index in [9.17, 15) is 4.79 Å². The van der Waals surface area contributed by atoms with Gasteiger partial charge in [0.2, 0.25) is 10.5 Å². The van der Waals surface area contributed by atoms with Gasteiger partial charge in [0.15, 0.2) is 0 Å². The van der Waals surface area contributed by atoms with Crippen LogP contribution in [0.25, 0.3) is 16.7 Å². The maximum atomic E-state index is 13.0. The first-order valence-corrected chi connectivity index (χ1v) is 8.02. The number of aryl methyl sites for hydroxylation is 1. The van der Waals surface area contributed by atoms with Gasteiger partial charge < -0.3 is 0 Å². The Balaban J connectivity index is 2.09. The molecule has 4 rings (SSSR count). The molecule has 0 spiro atoms. The SMILES string of the molecule is Cc1ccc2c(c1)c(=O)n(Cc1ccccc1)c1nnc(Br)n21. The zero-order valence-corrected chi connectivity index (χ0v) is 14.0. The summed E-state index contributed by atoms with van der Waals surface area (Å²) < 4.78 is 4.11. The van der Waals surface area contributed by atoms with Gasteiger partial charge in [-0.15, -0.1) is 10.2 Å². The third-order valence-electron chi connectivity index (χ3n) is 3.90. The van der Waals surface area contributed by atoms with E-state index in [0.29, 0.717) is 22.4 Å². The van der Waals surface area contributed by atoms with Gasteiger partial charge in [0, 0.05) is 0 Å². The van der Waals surface area contributed by atoms with Gasteiger partial charge in [-0.1, -0.05) is 42.0 Å². The van der Waals surface area contributed by atoms with Crippen LogP contribution in [0.2, 0.25) is 0 Å². The third-order valence-corrected chi connectivity index (χ3v) is 4.41. The predicted molar refractivity (Wildman–Crippen MR) is 92.7 cm³/mol. The summed E-state index contributed by atoms with van der Waals surface area (Å²) in [5, 5.41) is 8.92. The van der Waals surface area contributed by atoms with Crippen LogP contribution in [-0.4, -0.2) is 19.2 Å². The molecule has 2 heterocycles. The molecule has 0 aliphatic rings. The normalized spacial score (nSPS) is 11.4. The minimum atomic E-state index is -0.0556. The Bertz CT molecular complexity index is 1080. The lowest BCUT2D eigenvalue weighted by atomic mass is 10.1. The molecule has 23 heavy (non-hydrogen) atoms. The van der Waals surface area contributed by atoms with E-state index in [0.717, 1.165) is 16.6 Å². The van der Waals surface area contributed by atoms with Crippen LogP contribution < -0.4 is 5.56 Å². The Kier molecular flexibility index (Phi) is 3.27. The van der Waals surface area contributed by atoms with E-state index < -0.39 is 0 Å². The molecule has 4 aromatic rings. The summed E-state index contributed by atoms with van der Waals surface area (Å²) in [4.78, 5) is 13.0. The second-order valence-corrected chi connectivity index (χ2v) is 6.21. The lowest BCUT2D eigenvalue weighted by molar-refractivity contribution is 0.766. The number of hydrogen-bond acceptors (Lipinski definition) is 3. The topological polar surface area (TPSA) is 52.2 Å². The molecule has 5 nitrogen and oxygen atoms in total. The lowest BCUT2D eigenvalue weighted by Gasteiger charge is -2.11. The molecule has 0 saturated carbocycles. The summed E-state index contributed by atoms with van der Waals surface area (Å²) in [5.41, 5.74) is 2.84. The molecule has 6 heteroatoms. The molecule has 0 N–H and O–H groups in total. The van der Waals surface area contributed by atoms with Gasteiger partial charge in [-0.05, 0) is 40.5 Å². The van der Waals surface area contributed by atoms with Gasteiger partial charge in [0.1, 0.15) is 0 Å². The Morgan fingerprint density at radius 1 is 1.09 bits per heavy atom. The number of rotatable bonds is 2. The van der Waals surface area contributed by atoms with Crippen molar-refractivity contribution in [1.82, 2.24) is 19.2 Å². The van der Waals surface area contributed by atoms with Crippen LogP contribution in [0, 0.1) is 6.92 Å². The van der Waals surface area contributed by atoms with Crippen LogP contribution in [0.1, 0.15) is 11.1 Å². The predicted octanol–water partition coefficient (Wildman–Crippen LogP) is 3.16. The standard InChI is InChI=1S/C17H13BrN4O/c1-11-7-8-14-13(9-11)15(23)21(10-12-5-3-2-4-6-12)17-20-19-16(18)22(14)17/h2-9H,10H2,1H3. The van der Waals surface area contributed by atoms with E-state index in [4.69, 9.17) is 0 Å². The molecule has 114 valence electrons. The summed E-state index contributed by atoms with van der Waals surface area (Å²) in [6, 6.07) is 15.7. The highest BCUT2D eigenvalue weighted by Crippen LogP contribution is 2.19. The quantitative estimate of drug-likeness (QED) is 0.546. The van der Waals surface area contributed by atoms with Gasteiger partial charge in [0.25, 0.3) is 5.56 Å². The molecule has 0 atom stereocenters. The van der Waals surface area contributed by atoms with Crippen molar-refractivity contribution in [2.75, 3.05) is 0 Å². The highest BCUT2D eigenvalue weighted by molar-refractivity contribution is 9.10. The van der Waals surface area contributed by atoms with Crippen molar-refractivity contribution in [2.45, 2.75) is 13.5 Å². The fraction of sp³-hybridized carbons (Fsp3) is 0.118. The number of benzene rings is 2. The smallest absolute Gasteiger partial charge is 0.263 e. The van der Waals surface area contributed by atoms with Crippen molar-refractivity contribution in [3.63, 3.8) is 0 Å². The van der Waals surface area contributed by atoms with Crippen LogP contribution in [0.4, 0.5) is 0 Å². The zero-order chi connectivity index (χ0) is 16.0. The molecular formula is C17H13BrN4O. The number of halogens is 1. The number of nitrogens with zero attached hydrogens (tertiary/aromatic N) is 4. The van der Waals surface area contributed by atoms with Crippen molar-refractivity contribution in [3.8, 4) is 0 Å². The molecule has 0 radical (unpaired) electrons. The Morgan fingerprint density at radius 2 is 1.87 bits per heavy atom. The van der Waals surface area contributed by atoms with E-state index in [2.05, 4.69) is 26.1 Å². The molecular weight excluding hydrogens is 356 g/mol. The molecule has 2 aromatic heterocycles. The molecule has 0 unspecified atom stereocenters. The highest BCUT2D eigenvalue weighted by Gasteiger charge is 2.15. The average Bonchev–Trinajstić information content (AvgIpc) is 2.94. The van der Waals surface area contributed by atoms with Gasteiger partial charge in [-0.25, -0.2) is 0 Å². The summed E-state index contributed by atoms with van der Waals surface area (Å²) in [5.74, 6) is 0.530. The molecule has 0 aliphatic heterocycles. The minimum absolute atomic E-state index is 0.0556. The number of hydrogen-bond donors (Lipinski definition) is 0. The Labute approximate surface area is 140 Å². The van der Waals surface area contributed by atoms with Gasteiger partial charge in [0.05, 0.1) is 17.4 Å². The van der Waals surface area contributed by atoms with Crippen molar-refractivity contribution in [3.05, 3.63) is 74.7 Å². The third kappa shape index (κ3) is 2.26. The second-order valence-electron chi connectivity index (χ2n) is 5.50. The molecule has 0 saturated heterocycles.